The number of ether oxygens (including phenoxy) is 2. The Morgan fingerprint density at radius 1 is 0.759 bits per heavy atom. The number of carboxylic acid groups (broad SMARTS) is 1. The third-order valence-corrected chi connectivity index (χ3v) is 12.2. The van der Waals surface area contributed by atoms with Crippen LogP contribution in [-0.4, -0.2) is 64.4 Å². The lowest BCUT2D eigenvalue weighted by atomic mass is 9.71. The van der Waals surface area contributed by atoms with Crippen LogP contribution in [0, 0.1) is 17.8 Å². The molecule has 4 rings (SSSR count). The van der Waals surface area contributed by atoms with Crippen LogP contribution in [-0.2, 0) is 27.2 Å². The summed E-state index contributed by atoms with van der Waals surface area (Å²) in [4.78, 5) is 40.3. The summed E-state index contributed by atoms with van der Waals surface area (Å²) in [5, 5.41) is 33.2. The van der Waals surface area contributed by atoms with E-state index in [1.165, 1.54) is 18.2 Å². The van der Waals surface area contributed by atoms with Crippen molar-refractivity contribution in [3.8, 4) is 23.0 Å². The summed E-state index contributed by atoms with van der Waals surface area (Å²) in [5.74, 6) is -1.90. The molecule has 9 heteroatoms. The quantitative estimate of drug-likeness (QED) is 0.0397. The fraction of sp³-hybridized carbons (Fsp3) is 0.571. The number of likely N-dealkylation sites (N-methyl/N-ethyl adjacent to an activating group) is 1. The van der Waals surface area contributed by atoms with E-state index in [0.29, 0.717) is 29.9 Å². The van der Waals surface area contributed by atoms with Gasteiger partial charge in [-0.2, -0.15) is 0 Å². The molecule has 2 aliphatic carbocycles. The molecule has 9 nitrogen and oxygen atoms in total. The molecule has 0 fully saturated rings. The van der Waals surface area contributed by atoms with Crippen molar-refractivity contribution in [3.63, 3.8) is 0 Å². The number of phenols is 2. The summed E-state index contributed by atoms with van der Waals surface area (Å²) >= 11 is 0. The van der Waals surface area contributed by atoms with E-state index in [0.717, 1.165) is 80.9 Å². The summed E-state index contributed by atoms with van der Waals surface area (Å²) in [7, 11) is 1.53. The highest BCUT2D eigenvalue weighted by Gasteiger charge is 2.37. The van der Waals surface area contributed by atoms with E-state index in [9.17, 15) is 29.7 Å². The third kappa shape index (κ3) is 12.6. The Morgan fingerprint density at radius 3 is 1.67 bits per heavy atom. The summed E-state index contributed by atoms with van der Waals surface area (Å²) < 4.78 is 11.8. The molecular weight excluding hydrogens is 731 g/mol. The van der Waals surface area contributed by atoms with E-state index in [1.807, 2.05) is 19.1 Å². The molecule has 0 aliphatic heterocycles. The number of hydrogen-bond donors (Lipinski definition) is 3. The van der Waals surface area contributed by atoms with Crippen molar-refractivity contribution < 1.29 is 43.7 Å². The van der Waals surface area contributed by atoms with Crippen LogP contribution in [0.1, 0.15) is 147 Å². The molecule has 2 aliphatic rings. The first kappa shape index (κ1) is 46.3. The van der Waals surface area contributed by atoms with Gasteiger partial charge in [0.25, 0.3) is 0 Å². The number of aromatic hydroxyl groups is 2. The van der Waals surface area contributed by atoms with E-state index < -0.39 is 42.0 Å². The molecule has 0 saturated carbocycles. The first-order valence-corrected chi connectivity index (χ1v) is 21.6. The van der Waals surface area contributed by atoms with Gasteiger partial charge in [-0.3, -0.25) is 4.48 Å². The van der Waals surface area contributed by atoms with Gasteiger partial charge in [-0.1, -0.05) is 88.8 Å². The molecule has 0 aromatic heterocycles. The normalized spacial score (nSPS) is 20.5. The maximum Gasteiger partial charge on any atom is 0.367 e. The smallest absolute Gasteiger partial charge is 0.367 e. The second-order valence-electron chi connectivity index (χ2n) is 17.9. The van der Waals surface area contributed by atoms with Crippen molar-refractivity contribution in [2.45, 2.75) is 137 Å². The SMILES string of the molecule is C=C(C)[C@@H]1CCC(C)=C[C@H]1c1c(O)cc(CCCCC)cc1OC(=O)C[N+](C)(CC(=O)O)CC(=O)Oc1cc(CCCCC)cc(O)c1[C@@H]1C=C(C)CC[C@H]1C(C)C. The maximum absolute atomic E-state index is 14.0. The van der Waals surface area contributed by atoms with Gasteiger partial charge in [-0.15, -0.1) is 0 Å². The van der Waals surface area contributed by atoms with Gasteiger partial charge in [-0.05, 0) is 125 Å². The van der Waals surface area contributed by atoms with Crippen molar-refractivity contribution in [2.75, 3.05) is 26.7 Å². The van der Waals surface area contributed by atoms with Crippen LogP contribution in [0.4, 0.5) is 0 Å². The molecule has 0 spiro atoms. The highest BCUT2D eigenvalue weighted by atomic mass is 16.5. The Bertz CT molecular complexity index is 1860. The Kier molecular flexibility index (Phi) is 16.8. The van der Waals surface area contributed by atoms with Gasteiger partial charge in [0.2, 0.25) is 0 Å². The lowest BCUT2D eigenvalue weighted by molar-refractivity contribution is -0.888. The average molecular weight is 801 g/mol. The number of quaternary nitrogens is 1. The van der Waals surface area contributed by atoms with Crippen LogP contribution in [0.2, 0.25) is 0 Å². The minimum atomic E-state index is -1.19. The van der Waals surface area contributed by atoms with Gasteiger partial charge < -0.3 is 24.8 Å². The Balaban J connectivity index is 1.68. The fourth-order valence-corrected chi connectivity index (χ4v) is 9.09. The first-order valence-electron chi connectivity index (χ1n) is 21.6. The second-order valence-corrected chi connectivity index (χ2v) is 17.9. The van der Waals surface area contributed by atoms with Crippen LogP contribution in [0.3, 0.4) is 0 Å². The number of rotatable bonds is 20. The number of aryl methyl sites for hydroxylation is 2. The van der Waals surface area contributed by atoms with Gasteiger partial charge in [0.15, 0.2) is 19.6 Å². The largest absolute Gasteiger partial charge is 0.507 e. The zero-order valence-electron chi connectivity index (χ0n) is 36.5. The zero-order valence-corrected chi connectivity index (χ0v) is 36.5. The van der Waals surface area contributed by atoms with E-state index in [1.54, 1.807) is 12.1 Å². The van der Waals surface area contributed by atoms with E-state index in [4.69, 9.17) is 9.47 Å². The van der Waals surface area contributed by atoms with Crippen molar-refractivity contribution in [3.05, 3.63) is 82.0 Å². The lowest BCUT2D eigenvalue weighted by Crippen LogP contribution is -2.55. The average Bonchev–Trinajstić information content (AvgIpc) is 3.10. The standard InChI is InChI=1S/C49H69NO8/c1-10-12-14-16-35-24-41(51)48(39-22-33(7)18-20-37(39)31(3)4)43(26-35)57-46(55)29-50(9,28-45(53)54)30-47(56)58-44-27-36(17-15-13-11-2)25-42(52)49(44)40-23-34(8)19-21-38(40)32(5)6/h22-27,32,37-40H,3,10-21,28-30H2,1-2,4-9H3,(H2-,51,52,53,54)/p+1/t37-,38-,39+,40+,50?/m0/s1. The van der Waals surface area contributed by atoms with Gasteiger partial charge in [0.1, 0.15) is 23.0 Å². The molecule has 3 N–H and O–H groups in total. The van der Waals surface area contributed by atoms with E-state index in [2.05, 4.69) is 60.3 Å². The summed E-state index contributed by atoms with van der Waals surface area (Å²) in [6.45, 7) is 17.5. The second kappa shape index (κ2) is 21.1. The van der Waals surface area contributed by atoms with Gasteiger partial charge in [0, 0.05) is 23.0 Å². The topological polar surface area (TPSA) is 130 Å². The number of hydrogen-bond acceptors (Lipinski definition) is 7. The van der Waals surface area contributed by atoms with Crippen LogP contribution >= 0.6 is 0 Å². The van der Waals surface area contributed by atoms with Gasteiger partial charge >= 0.3 is 17.9 Å². The summed E-state index contributed by atoms with van der Waals surface area (Å²) in [6.07, 6.45) is 15.3. The van der Waals surface area contributed by atoms with Crippen molar-refractivity contribution in [2.24, 2.45) is 17.8 Å². The number of aliphatic carboxylic acids is 1. The number of carboxylic acids is 1. The highest BCUT2D eigenvalue weighted by Crippen LogP contribution is 2.49. The molecule has 0 radical (unpaired) electrons. The Morgan fingerprint density at radius 2 is 1.22 bits per heavy atom. The Hall–Kier alpha value is -4.37. The predicted molar refractivity (Wildman–Crippen MR) is 230 cm³/mol. The van der Waals surface area contributed by atoms with E-state index in [-0.39, 0.29) is 46.7 Å². The predicted octanol–water partition coefficient (Wildman–Crippen LogP) is 10.7. The number of esters is 2. The molecule has 318 valence electrons. The van der Waals surface area contributed by atoms with Gasteiger partial charge in [0.05, 0.1) is 7.05 Å². The van der Waals surface area contributed by atoms with Crippen LogP contribution in [0.5, 0.6) is 23.0 Å². The highest BCUT2D eigenvalue weighted by molar-refractivity contribution is 5.78. The van der Waals surface area contributed by atoms with Crippen LogP contribution in [0.25, 0.3) is 0 Å². The molecule has 0 heterocycles. The van der Waals surface area contributed by atoms with Crippen molar-refractivity contribution in [1.29, 1.82) is 0 Å². The number of allylic oxidation sites excluding steroid dienone is 5. The Labute approximate surface area is 347 Å². The summed E-state index contributed by atoms with van der Waals surface area (Å²) in [5.41, 5.74) is 6.11. The zero-order chi connectivity index (χ0) is 42.7. The molecule has 1 unspecified atom stereocenters. The first-order chi connectivity index (χ1) is 27.4. The maximum atomic E-state index is 14.0. The monoisotopic (exact) mass is 801 g/mol. The molecular formula is C49H70NO8+. The minimum Gasteiger partial charge on any atom is -0.507 e. The number of carbonyl (C=O) groups excluding carboxylic acids is 2. The molecule has 0 saturated heterocycles. The van der Waals surface area contributed by atoms with Crippen LogP contribution in [0.15, 0.2) is 59.7 Å². The number of carbonyl (C=O) groups is 3. The molecule has 0 bridgehead atoms. The van der Waals surface area contributed by atoms with Crippen molar-refractivity contribution >= 4 is 17.9 Å². The van der Waals surface area contributed by atoms with Gasteiger partial charge in [-0.25, -0.2) is 14.4 Å². The molecule has 58 heavy (non-hydrogen) atoms. The molecule has 0 amide bonds. The number of phenolic OH excluding ortho intramolecular Hbond substituents is 2. The number of nitrogens with zero attached hydrogens (tertiary/aromatic N) is 1. The van der Waals surface area contributed by atoms with Crippen molar-refractivity contribution in [1.82, 2.24) is 0 Å². The molecule has 2 aromatic rings. The lowest BCUT2D eigenvalue weighted by Gasteiger charge is -2.34. The third-order valence-electron chi connectivity index (χ3n) is 12.2. The minimum absolute atomic E-state index is 0.0270. The number of benzene rings is 2. The fourth-order valence-electron chi connectivity index (χ4n) is 9.09. The van der Waals surface area contributed by atoms with Crippen LogP contribution < -0.4 is 9.47 Å². The summed E-state index contributed by atoms with van der Waals surface area (Å²) in [6, 6.07) is 7.20. The van der Waals surface area contributed by atoms with E-state index >= 15 is 0 Å². The number of unbranched alkanes of at least 4 members (excludes halogenated alkanes) is 4. The molecule has 5 atom stereocenters. The molecule has 2 aromatic carbocycles.